The number of carbonyl (C=O) groups is 1. The molecule has 8 nitrogen and oxygen atoms in total. The predicted molar refractivity (Wildman–Crippen MR) is 111 cm³/mol. The highest BCUT2D eigenvalue weighted by atomic mass is 16.5. The number of nitrogens with one attached hydrogen (secondary N) is 1. The molecule has 0 aliphatic carbocycles. The molecule has 152 valence electrons. The van der Waals surface area contributed by atoms with Gasteiger partial charge in [0.25, 0.3) is 5.91 Å². The molecule has 4 aromatic rings. The molecule has 1 aliphatic heterocycles. The van der Waals surface area contributed by atoms with Crippen LogP contribution in [0.15, 0.2) is 55.2 Å². The molecule has 1 amide bonds. The van der Waals surface area contributed by atoms with E-state index in [2.05, 4.69) is 15.4 Å². The SMILES string of the molecule is CC1(C)Cc2cc(NC(=O)c3cnn4cccnc34)c(-n3ccc(CO)c3)cc2O1. The Morgan fingerprint density at radius 2 is 2.20 bits per heavy atom. The topological polar surface area (TPSA) is 93.7 Å². The molecule has 4 heterocycles. The van der Waals surface area contributed by atoms with Crippen molar-refractivity contribution < 1.29 is 14.6 Å². The number of anilines is 1. The Balaban J connectivity index is 1.57. The third-order valence-corrected chi connectivity index (χ3v) is 5.17. The van der Waals surface area contributed by atoms with Crippen molar-refractivity contribution in [2.45, 2.75) is 32.5 Å². The summed E-state index contributed by atoms with van der Waals surface area (Å²) in [4.78, 5) is 17.3. The van der Waals surface area contributed by atoms with E-state index in [1.807, 2.05) is 49.0 Å². The number of nitrogens with zero attached hydrogens (tertiary/aromatic N) is 4. The van der Waals surface area contributed by atoms with Gasteiger partial charge in [-0.2, -0.15) is 5.10 Å². The largest absolute Gasteiger partial charge is 0.487 e. The second-order valence-corrected chi connectivity index (χ2v) is 8.00. The van der Waals surface area contributed by atoms with E-state index >= 15 is 0 Å². The Kier molecular flexibility index (Phi) is 4.11. The maximum atomic E-state index is 13.1. The quantitative estimate of drug-likeness (QED) is 0.546. The lowest BCUT2D eigenvalue weighted by atomic mass is 10.0. The van der Waals surface area contributed by atoms with Gasteiger partial charge < -0.3 is 19.7 Å². The molecule has 1 aliphatic rings. The third kappa shape index (κ3) is 3.11. The first-order valence-corrected chi connectivity index (χ1v) is 9.67. The summed E-state index contributed by atoms with van der Waals surface area (Å²) in [6.45, 7) is 4.02. The average Bonchev–Trinajstić information content (AvgIpc) is 3.42. The van der Waals surface area contributed by atoms with Gasteiger partial charge in [-0.3, -0.25) is 4.79 Å². The van der Waals surface area contributed by atoms with Crippen molar-refractivity contribution in [2.75, 3.05) is 5.32 Å². The van der Waals surface area contributed by atoms with Crippen LogP contribution in [0.3, 0.4) is 0 Å². The van der Waals surface area contributed by atoms with Gasteiger partial charge in [0.1, 0.15) is 16.9 Å². The molecule has 0 fully saturated rings. The van der Waals surface area contributed by atoms with E-state index in [0.29, 0.717) is 16.9 Å². The van der Waals surface area contributed by atoms with E-state index in [-0.39, 0.29) is 18.1 Å². The van der Waals surface area contributed by atoms with Gasteiger partial charge in [0.05, 0.1) is 24.2 Å². The second-order valence-electron chi connectivity index (χ2n) is 8.00. The zero-order valence-corrected chi connectivity index (χ0v) is 16.7. The van der Waals surface area contributed by atoms with Crippen molar-refractivity contribution in [3.8, 4) is 11.4 Å². The molecule has 3 aromatic heterocycles. The minimum atomic E-state index is -0.304. The minimum Gasteiger partial charge on any atom is -0.487 e. The number of aromatic nitrogens is 4. The van der Waals surface area contributed by atoms with Gasteiger partial charge in [0.2, 0.25) is 0 Å². The fraction of sp³-hybridized carbons (Fsp3) is 0.227. The van der Waals surface area contributed by atoms with Crippen LogP contribution in [0.2, 0.25) is 0 Å². The molecule has 1 aromatic carbocycles. The molecule has 0 radical (unpaired) electrons. The number of amides is 1. The maximum Gasteiger partial charge on any atom is 0.261 e. The molecule has 8 heteroatoms. The molecule has 0 unspecified atom stereocenters. The molecule has 0 saturated carbocycles. The number of aliphatic hydroxyl groups excluding tert-OH is 1. The van der Waals surface area contributed by atoms with Crippen molar-refractivity contribution in [3.05, 3.63) is 71.9 Å². The van der Waals surface area contributed by atoms with E-state index in [1.54, 1.807) is 23.0 Å². The first kappa shape index (κ1) is 18.4. The van der Waals surface area contributed by atoms with Gasteiger partial charge >= 0.3 is 0 Å². The van der Waals surface area contributed by atoms with Crippen LogP contribution in [-0.2, 0) is 13.0 Å². The highest BCUT2D eigenvalue weighted by Gasteiger charge is 2.31. The number of hydrogen-bond acceptors (Lipinski definition) is 5. The van der Waals surface area contributed by atoms with Crippen LogP contribution in [0.25, 0.3) is 11.3 Å². The molecule has 0 atom stereocenters. The zero-order valence-electron chi connectivity index (χ0n) is 16.7. The van der Waals surface area contributed by atoms with E-state index < -0.39 is 0 Å². The maximum absolute atomic E-state index is 13.1. The van der Waals surface area contributed by atoms with Gasteiger partial charge in [-0.05, 0) is 37.6 Å². The smallest absolute Gasteiger partial charge is 0.261 e. The summed E-state index contributed by atoms with van der Waals surface area (Å²) in [6, 6.07) is 7.47. The fourth-order valence-electron chi connectivity index (χ4n) is 3.81. The minimum absolute atomic E-state index is 0.0583. The van der Waals surface area contributed by atoms with Crippen molar-refractivity contribution in [2.24, 2.45) is 0 Å². The highest BCUT2D eigenvalue weighted by Crippen LogP contribution is 2.39. The molecule has 0 spiro atoms. The molecule has 5 rings (SSSR count). The first-order valence-electron chi connectivity index (χ1n) is 9.67. The summed E-state index contributed by atoms with van der Waals surface area (Å²) in [7, 11) is 0. The summed E-state index contributed by atoms with van der Waals surface area (Å²) >= 11 is 0. The second kappa shape index (κ2) is 6.70. The van der Waals surface area contributed by atoms with E-state index in [4.69, 9.17) is 4.74 Å². The van der Waals surface area contributed by atoms with Crippen LogP contribution in [0.1, 0.15) is 35.3 Å². The molecular formula is C22H21N5O3. The molecule has 0 saturated heterocycles. The fourth-order valence-corrected chi connectivity index (χ4v) is 3.81. The number of carbonyl (C=O) groups excluding carboxylic acids is 1. The first-order chi connectivity index (χ1) is 14.4. The molecule has 0 bridgehead atoms. The number of benzene rings is 1. The average molecular weight is 403 g/mol. The van der Waals surface area contributed by atoms with Crippen LogP contribution in [0.5, 0.6) is 5.75 Å². The predicted octanol–water partition coefficient (Wildman–Crippen LogP) is 2.98. The van der Waals surface area contributed by atoms with Gasteiger partial charge in [-0.25, -0.2) is 9.50 Å². The Morgan fingerprint density at radius 1 is 1.33 bits per heavy atom. The van der Waals surface area contributed by atoms with Crippen LogP contribution in [0, 0.1) is 0 Å². The third-order valence-electron chi connectivity index (χ3n) is 5.17. The summed E-state index contributed by atoms with van der Waals surface area (Å²) in [5, 5.41) is 16.6. The van der Waals surface area contributed by atoms with E-state index in [0.717, 1.165) is 29.0 Å². The number of aliphatic hydroxyl groups is 1. The lowest BCUT2D eigenvalue weighted by molar-refractivity contribution is 0.102. The van der Waals surface area contributed by atoms with Gasteiger partial charge in [-0.15, -0.1) is 0 Å². The van der Waals surface area contributed by atoms with Gasteiger partial charge in [0.15, 0.2) is 5.65 Å². The Bertz CT molecular complexity index is 1270. The Morgan fingerprint density at radius 3 is 3.00 bits per heavy atom. The van der Waals surface area contributed by atoms with Crippen LogP contribution >= 0.6 is 0 Å². The molecule has 2 N–H and O–H groups in total. The lowest BCUT2D eigenvalue weighted by Crippen LogP contribution is -2.24. The normalized spacial score (nSPS) is 14.5. The van der Waals surface area contributed by atoms with Crippen molar-refractivity contribution in [1.29, 1.82) is 0 Å². The number of hydrogen-bond donors (Lipinski definition) is 2. The zero-order chi connectivity index (χ0) is 20.9. The molecule has 30 heavy (non-hydrogen) atoms. The van der Waals surface area contributed by atoms with E-state index in [9.17, 15) is 9.90 Å². The van der Waals surface area contributed by atoms with Crippen LogP contribution < -0.4 is 10.1 Å². The number of rotatable bonds is 4. The highest BCUT2D eigenvalue weighted by molar-refractivity contribution is 6.09. The van der Waals surface area contributed by atoms with Crippen LogP contribution in [-0.4, -0.2) is 35.8 Å². The summed E-state index contributed by atoms with van der Waals surface area (Å²) in [5.74, 6) is 0.502. The van der Waals surface area contributed by atoms with Gasteiger partial charge in [-0.1, -0.05) is 0 Å². The van der Waals surface area contributed by atoms with Crippen molar-refractivity contribution >= 4 is 17.2 Å². The summed E-state index contributed by atoms with van der Waals surface area (Å²) < 4.78 is 9.51. The van der Waals surface area contributed by atoms with Crippen molar-refractivity contribution in [1.82, 2.24) is 19.2 Å². The van der Waals surface area contributed by atoms with Gasteiger partial charge in [0, 0.05) is 42.8 Å². The standard InChI is InChI=1S/C22H21N5O3/c1-22(2)10-15-8-17(18(9-19(15)30-22)26-7-4-14(12-26)13-28)25-21(29)16-11-24-27-6-3-5-23-20(16)27/h3-9,11-12,28H,10,13H2,1-2H3,(H,25,29). The molecular weight excluding hydrogens is 382 g/mol. The number of fused-ring (bicyclic) bond motifs is 2. The van der Waals surface area contributed by atoms with Crippen molar-refractivity contribution in [3.63, 3.8) is 0 Å². The monoisotopic (exact) mass is 403 g/mol. The Labute approximate surface area is 172 Å². The van der Waals surface area contributed by atoms with Crippen LogP contribution in [0.4, 0.5) is 5.69 Å². The summed E-state index contributed by atoms with van der Waals surface area (Å²) in [5.41, 5.74) is 3.79. The summed E-state index contributed by atoms with van der Waals surface area (Å²) in [6.07, 6.45) is 9.31. The Hall–Kier alpha value is -3.65. The number of ether oxygens (including phenoxy) is 1. The van der Waals surface area contributed by atoms with E-state index in [1.165, 1.54) is 6.20 Å². The lowest BCUT2D eigenvalue weighted by Gasteiger charge is -2.17.